The molecular formula is C17H33N3O. The van der Waals surface area contributed by atoms with Crippen molar-refractivity contribution in [2.75, 3.05) is 19.8 Å². The fourth-order valence-corrected chi connectivity index (χ4v) is 2.67. The maximum atomic E-state index is 5.68. The van der Waals surface area contributed by atoms with E-state index in [2.05, 4.69) is 51.5 Å². The fraction of sp³-hybridized carbons (Fsp3) is 0.824. The summed E-state index contributed by atoms with van der Waals surface area (Å²) in [7, 11) is 0. The minimum absolute atomic E-state index is 0.412. The molecule has 21 heavy (non-hydrogen) atoms. The molecule has 4 heteroatoms. The quantitative estimate of drug-likeness (QED) is 0.670. The normalized spacial score (nSPS) is 13.1. The van der Waals surface area contributed by atoms with Gasteiger partial charge < -0.3 is 10.1 Å². The zero-order valence-electron chi connectivity index (χ0n) is 14.7. The van der Waals surface area contributed by atoms with E-state index in [1.807, 2.05) is 0 Å². The Morgan fingerprint density at radius 1 is 1.24 bits per heavy atom. The summed E-state index contributed by atoms with van der Waals surface area (Å²) in [6.07, 6.45) is 2.25. The largest absolute Gasteiger partial charge is 0.379 e. The van der Waals surface area contributed by atoms with E-state index >= 15 is 0 Å². The second kappa shape index (κ2) is 9.21. The standard InChI is InChI=1S/C17H33N3O/c1-7-9-18-16(8-2)17-14(5)19-20(15(17)6)10-11-21-12-13(3)4/h13,16,18H,7-12H2,1-6H3. The topological polar surface area (TPSA) is 39.1 Å². The van der Waals surface area contributed by atoms with Crippen LogP contribution in [0.2, 0.25) is 0 Å². The highest BCUT2D eigenvalue weighted by Gasteiger charge is 2.18. The maximum Gasteiger partial charge on any atom is 0.0662 e. The highest BCUT2D eigenvalue weighted by molar-refractivity contribution is 5.28. The van der Waals surface area contributed by atoms with Crippen molar-refractivity contribution in [3.8, 4) is 0 Å². The molecule has 0 aliphatic heterocycles. The molecule has 0 radical (unpaired) electrons. The number of hydrogen-bond acceptors (Lipinski definition) is 3. The summed E-state index contributed by atoms with van der Waals surface area (Å²) in [6, 6.07) is 0.412. The molecule has 0 saturated heterocycles. The summed E-state index contributed by atoms with van der Waals surface area (Å²) in [6.45, 7) is 16.5. The van der Waals surface area contributed by atoms with Crippen LogP contribution in [0.1, 0.15) is 63.5 Å². The van der Waals surface area contributed by atoms with Crippen LogP contribution >= 0.6 is 0 Å². The summed E-state index contributed by atoms with van der Waals surface area (Å²) in [5.74, 6) is 0.587. The molecule has 1 unspecified atom stereocenters. The molecule has 0 aliphatic carbocycles. The number of rotatable bonds is 10. The van der Waals surface area contributed by atoms with Crippen LogP contribution in [0.5, 0.6) is 0 Å². The Balaban J connectivity index is 2.69. The van der Waals surface area contributed by atoms with E-state index in [0.717, 1.165) is 44.8 Å². The summed E-state index contributed by atoms with van der Waals surface area (Å²) < 4.78 is 7.78. The minimum atomic E-state index is 0.412. The van der Waals surface area contributed by atoms with Gasteiger partial charge in [-0.25, -0.2) is 0 Å². The Morgan fingerprint density at radius 3 is 2.52 bits per heavy atom. The number of aryl methyl sites for hydroxylation is 1. The molecule has 122 valence electrons. The van der Waals surface area contributed by atoms with Gasteiger partial charge in [0.05, 0.1) is 18.8 Å². The summed E-state index contributed by atoms with van der Waals surface area (Å²) >= 11 is 0. The van der Waals surface area contributed by atoms with E-state index in [9.17, 15) is 0 Å². The van der Waals surface area contributed by atoms with Crippen LogP contribution in [-0.4, -0.2) is 29.5 Å². The van der Waals surface area contributed by atoms with Crippen LogP contribution in [-0.2, 0) is 11.3 Å². The van der Waals surface area contributed by atoms with Gasteiger partial charge in [0, 0.05) is 23.9 Å². The van der Waals surface area contributed by atoms with E-state index in [4.69, 9.17) is 9.84 Å². The second-order valence-corrected chi connectivity index (χ2v) is 6.19. The van der Waals surface area contributed by atoms with Crippen molar-refractivity contribution in [1.82, 2.24) is 15.1 Å². The third kappa shape index (κ3) is 5.44. The number of hydrogen-bond donors (Lipinski definition) is 1. The molecule has 1 N–H and O–H groups in total. The van der Waals surface area contributed by atoms with Crippen molar-refractivity contribution >= 4 is 0 Å². The third-order valence-corrected chi connectivity index (χ3v) is 3.73. The second-order valence-electron chi connectivity index (χ2n) is 6.19. The van der Waals surface area contributed by atoms with Gasteiger partial charge >= 0.3 is 0 Å². The molecule has 1 atom stereocenters. The molecule has 0 spiro atoms. The lowest BCUT2D eigenvalue weighted by Crippen LogP contribution is -2.22. The van der Waals surface area contributed by atoms with Crippen molar-refractivity contribution < 1.29 is 4.74 Å². The van der Waals surface area contributed by atoms with Gasteiger partial charge in [0.25, 0.3) is 0 Å². The SMILES string of the molecule is CCCNC(CC)c1c(C)nn(CCOCC(C)C)c1C. The van der Waals surface area contributed by atoms with Gasteiger partial charge in [0.2, 0.25) is 0 Å². The van der Waals surface area contributed by atoms with Crippen LogP contribution in [0, 0.1) is 19.8 Å². The first kappa shape index (κ1) is 18.2. The van der Waals surface area contributed by atoms with Crippen molar-refractivity contribution in [1.29, 1.82) is 0 Å². The first-order chi connectivity index (χ1) is 10.0. The van der Waals surface area contributed by atoms with Crippen molar-refractivity contribution in [2.45, 2.75) is 67.0 Å². The Kier molecular flexibility index (Phi) is 7.97. The first-order valence-corrected chi connectivity index (χ1v) is 8.36. The minimum Gasteiger partial charge on any atom is -0.379 e. The van der Waals surface area contributed by atoms with E-state index < -0.39 is 0 Å². The molecule has 0 aliphatic rings. The van der Waals surface area contributed by atoms with Crippen molar-refractivity contribution in [3.05, 3.63) is 17.0 Å². The van der Waals surface area contributed by atoms with E-state index in [1.54, 1.807) is 0 Å². The van der Waals surface area contributed by atoms with Gasteiger partial charge in [-0.1, -0.05) is 27.7 Å². The monoisotopic (exact) mass is 295 g/mol. The Bertz CT molecular complexity index is 412. The lowest BCUT2D eigenvalue weighted by Gasteiger charge is -2.17. The molecule has 1 aromatic rings. The fourth-order valence-electron chi connectivity index (χ4n) is 2.67. The van der Waals surface area contributed by atoms with Gasteiger partial charge in [-0.15, -0.1) is 0 Å². The average molecular weight is 295 g/mol. The Morgan fingerprint density at radius 2 is 1.95 bits per heavy atom. The molecule has 1 rings (SSSR count). The van der Waals surface area contributed by atoms with Gasteiger partial charge in [0.15, 0.2) is 0 Å². The van der Waals surface area contributed by atoms with Crippen LogP contribution in [0.4, 0.5) is 0 Å². The van der Waals surface area contributed by atoms with Crippen LogP contribution in [0.25, 0.3) is 0 Å². The predicted octanol–water partition coefficient (Wildman–Crippen LogP) is 3.62. The van der Waals surface area contributed by atoms with Gasteiger partial charge in [-0.05, 0) is 39.2 Å². The molecule has 0 aromatic carbocycles. The zero-order valence-corrected chi connectivity index (χ0v) is 14.7. The number of nitrogens with zero attached hydrogens (tertiary/aromatic N) is 2. The van der Waals surface area contributed by atoms with E-state index in [0.29, 0.717) is 12.0 Å². The van der Waals surface area contributed by atoms with Crippen LogP contribution in [0.3, 0.4) is 0 Å². The molecule has 0 saturated carbocycles. The highest BCUT2D eigenvalue weighted by Crippen LogP contribution is 2.24. The molecule has 4 nitrogen and oxygen atoms in total. The van der Waals surface area contributed by atoms with Crippen molar-refractivity contribution in [2.24, 2.45) is 5.92 Å². The lowest BCUT2D eigenvalue weighted by atomic mass is 10.0. The Labute approximate surface area is 130 Å². The molecule has 1 heterocycles. The first-order valence-electron chi connectivity index (χ1n) is 8.36. The van der Waals surface area contributed by atoms with Crippen molar-refractivity contribution in [3.63, 3.8) is 0 Å². The number of ether oxygens (including phenoxy) is 1. The third-order valence-electron chi connectivity index (χ3n) is 3.73. The lowest BCUT2D eigenvalue weighted by molar-refractivity contribution is 0.100. The molecule has 0 amide bonds. The maximum absolute atomic E-state index is 5.68. The highest BCUT2D eigenvalue weighted by atomic mass is 16.5. The smallest absolute Gasteiger partial charge is 0.0662 e. The number of aromatic nitrogens is 2. The average Bonchev–Trinajstić information content (AvgIpc) is 2.72. The van der Waals surface area contributed by atoms with Crippen LogP contribution < -0.4 is 5.32 Å². The summed E-state index contributed by atoms with van der Waals surface area (Å²) in [5.41, 5.74) is 3.79. The Hall–Kier alpha value is -0.870. The molecule has 0 bridgehead atoms. The van der Waals surface area contributed by atoms with Gasteiger partial charge in [-0.3, -0.25) is 4.68 Å². The number of nitrogens with one attached hydrogen (secondary N) is 1. The zero-order chi connectivity index (χ0) is 15.8. The van der Waals surface area contributed by atoms with E-state index in [1.165, 1.54) is 11.3 Å². The molecular weight excluding hydrogens is 262 g/mol. The summed E-state index contributed by atoms with van der Waals surface area (Å²) in [4.78, 5) is 0. The molecule has 0 fully saturated rings. The summed E-state index contributed by atoms with van der Waals surface area (Å²) in [5, 5.41) is 8.33. The molecule has 1 aromatic heterocycles. The predicted molar refractivity (Wildman–Crippen MR) is 88.7 cm³/mol. The van der Waals surface area contributed by atoms with Gasteiger partial charge in [0.1, 0.15) is 0 Å². The van der Waals surface area contributed by atoms with Gasteiger partial charge in [-0.2, -0.15) is 5.10 Å². The van der Waals surface area contributed by atoms with Crippen LogP contribution in [0.15, 0.2) is 0 Å². The van der Waals surface area contributed by atoms with E-state index in [-0.39, 0.29) is 0 Å².